The first-order valence-electron chi connectivity index (χ1n) is 8.79. The van der Waals surface area contributed by atoms with Crippen molar-refractivity contribution in [2.45, 2.75) is 46.1 Å². The average molecular weight is 382 g/mol. The molecule has 144 valence electrons. The van der Waals surface area contributed by atoms with Gasteiger partial charge in [-0.3, -0.25) is 9.48 Å². The lowest BCUT2D eigenvalue weighted by molar-refractivity contribution is 0.102. The normalized spacial score (nSPS) is 15.5. The number of anilines is 1. The van der Waals surface area contributed by atoms with Gasteiger partial charge in [0, 0.05) is 13.1 Å². The number of amides is 1. The summed E-state index contributed by atoms with van der Waals surface area (Å²) in [6.45, 7) is 8.44. The number of nitrogens with one attached hydrogen (secondary N) is 2. The van der Waals surface area contributed by atoms with E-state index in [0.29, 0.717) is 17.6 Å². The van der Waals surface area contributed by atoms with Crippen LogP contribution in [-0.2, 0) is 13.5 Å². The molecule has 0 aromatic carbocycles. The molecule has 1 aliphatic rings. The van der Waals surface area contributed by atoms with Crippen LogP contribution in [0.3, 0.4) is 0 Å². The predicted molar refractivity (Wildman–Crippen MR) is 103 cm³/mol. The zero-order valence-electron chi connectivity index (χ0n) is 15.8. The van der Waals surface area contributed by atoms with Crippen molar-refractivity contribution < 1.29 is 4.79 Å². The summed E-state index contributed by atoms with van der Waals surface area (Å²) in [4.78, 5) is 12.5. The average Bonchev–Trinajstić information content (AvgIpc) is 3.14. The topological polar surface area (TPSA) is 89.7 Å². The number of aryl methyl sites for hydroxylation is 1. The van der Waals surface area contributed by atoms with Crippen molar-refractivity contribution in [1.29, 1.82) is 0 Å². The quantitative estimate of drug-likeness (QED) is 0.847. The summed E-state index contributed by atoms with van der Waals surface area (Å²) in [5.74, 6) is 0.408. The van der Waals surface area contributed by atoms with Gasteiger partial charge in [-0.1, -0.05) is 26.0 Å². The van der Waals surface area contributed by atoms with E-state index in [4.69, 9.17) is 0 Å². The number of hydrogen-bond acceptors (Lipinski definition) is 5. The lowest BCUT2D eigenvalue weighted by Crippen LogP contribution is -2.29. The highest BCUT2D eigenvalue weighted by Crippen LogP contribution is 2.22. The minimum absolute atomic E-state index is 0. The number of hydrogen-bond donors (Lipinski definition) is 2. The van der Waals surface area contributed by atoms with Crippen LogP contribution < -0.4 is 10.6 Å². The standard InChI is InChI=1S/C17H27N7O.ClH/c1-17(2,3)10-12-9-15(23(4)21-12)19-16(25)14-11-24(22-20-14)13-5-7-18-8-6-13;/h9,11,13,18H,5-8,10H2,1-4H3,(H,19,25);1H. The second kappa shape index (κ2) is 8.18. The third kappa shape index (κ3) is 5.04. The van der Waals surface area contributed by atoms with Gasteiger partial charge in [0.15, 0.2) is 5.69 Å². The molecule has 8 nitrogen and oxygen atoms in total. The van der Waals surface area contributed by atoms with Crippen molar-refractivity contribution in [3.05, 3.63) is 23.7 Å². The first-order valence-corrected chi connectivity index (χ1v) is 8.79. The number of rotatable bonds is 4. The fourth-order valence-electron chi connectivity index (χ4n) is 3.08. The van der Waals surface area contributed by atoms with Crippen molar-refractivity contribution in [3.63, 3.8) is 0 Å². The Morgan fingerprint density at radius 1 is 1.35 bits per heavy atom. The first kappa shape index (κ1) is 20.4. The van der Waals surface area contributed by atoms with Gasteiger partial charge < -0.3 is 10.6 Å². The van der Waals surface area contributed by atoms with Crippen LogP contribution in [0.4, 0.5) is 5.82 Å². The van der Waals surface area contributed by atoms with Crippen LogP contribution in [0.5, 0.6) is 0 Å². The van der Waals surface area contributed by atoms with Crippen molar-refractivity contribution >= 4 is 24.1 Å². The molecule has 0 unspecified atom stereocenters. The molecule has 0 atom stereocenters. The molecule has 1 amide bonds. The lowest BCUT2D eigenvalue weighted by Gasteiger charge is -2.22. The van der Waals surface area contributed by atoms with E-state index in [0.717, 1.165) is 38.0 Å². The van der Waals surface area contributed by atoms with Gasteiger partial charge >= 0.3 is 0 Å². The van der Waals surface area contributed by atoms with E-state index in [1.165, 1.54) is 0 Å². The number of carbonyl (C=O) groups excluding carboxylic acids is 1. The number of aromatic nitrogens is 5. The van der Waals surface area contributed by atoms with Gasteiger partial charge in [-0.2, -0.15) is 5.10 Å². The lowest BCUT2D eigenvalue weighted by atomic mass is 9.91. The van der Waals surface area contributed by atoms with E-state index in [2.05, 4.69) is 46.8 Å². The Hall–Kier alpha value is -1.93. The van der Waals surface area contributed by atoms with E-state index in [-0.39, 0.29) is 23.7 Å². The monoisotopic (exact) mass is 381 g/mol. The Bertz CT molecular complexity index is 741. The summed E-state index contributed by atoms with van der Waals surface area (Å²) in [7, 11) is 1.83. The van der Waals surface area contributed by atoms with Crippen molar-refractivity contribution in [3.8, 4) is 0 Å². The summed E-state index contributed by atoms with van der Waals surface area (Å²) in [5.41, 5.74) is 1.44. The van der Waals surface area contributed by atoms with Gasteiger partial charge in [0.05, 0.1) is 17.9 Å². The van der Waals surface area contributed by atoms with Crippen molar-refractivity contribution in [2.75, 3.05) is 18.4 Å². The largest absolute Gasteiger partial charge is 0.317 e. The molecular weight excluding hydrogens is 354 g/mol. The van der Waals surface area contributed by atoms with Crippen LogP contribution >= 0.6 is 12.4 Å². The summed E-state index contributed by atoms with van der Waals surface area (Å²) in [6.07, 6.45) is 4.59. The molecule has 0 radical (unpaired) electrons. The molecular formula is C17H28ClN7O. The van der Waals surface area contributed by atoms with E-state index >= 15 is 0 Å². The molecule has 0 aliphatic carbocycles. The fourth-order valence-corrected chi connectivity index (χ4v) is 3.08. The molecule has 3 rings (SSSR count). The highest BCUT2D eigenvalue weighted by molar-refractivity contribution is 6.02. The van der Waals surface area contributed by atoms with Gasteiger partial charge in [0.25, 0.3) is 5.91 Å². The number of piperidine rings is 1. The predicted octanol–water partition coefficient (Wildman–Crippen LogP) is 2.20. The van der Waals surface area contributed by atoms with Crippen molar-refractivity contribution in [1.82, 2.24) is 30.1 Å². The summed E-state index contributed by atoms with van der Waals surface area (Å²) >= 11 is 0. The zero-order chi connectivity index (χ0) is 18.0. The third-order valence-electron chi connectivity index (χ3n) is 4.31. The second-order valence-electron chi connectivity index (χ2n) is 7.90. The molecule has 2 aromatic heterocycles. The Morgan fingerprint density at radius 2 is 2.04 bits per heavy atom. The van der Waals surface area contributed by atoms with Crippen molar-refractivity contribution in [2.24, 2.45) is 12.5 Å². The fraction of sp³-hybridized carbons (Fsp3) is 0.647. The molecule has 0 saturated carbocycles. The van der Waals surface area contributed by atoms with Crippen LogP contribution in [0, 0.1) is 5.41 Å². The molecule has 1 saturated heterocycles. The van der Waals surface area contributed by atoms with Gasteiger partial charge in [-0.15, -0.1) is 17.5 Å². The van der Waals surface area contributed by atoms with E-state index in [1.54, 1.807) is 10.9 Å². The maximum absolute atomic E-state index is 12.5. The first-order chi connectivity index (χ1) is 11.8. The summed E-state index contributed by atoms with van der Waals surface area (Å²) in [6, 6.07) is 2.23. The molecule has 2 aromatic rings. The molecule has 3 heterocycles. The van der Waals surface area contributed by atoms with E-state index in [1.807, 2.05) is 17.8 Å². The van der Waals surface area contributed by atoms with Gasteiger partial charge in [0.2, 0.25) is 0 Å². The number of nitrogens with zero attached hydrogens (tertiary/aromatic N) is 5. The van der Waals surface area contributed by atoms with Crippen LogP contribution in [0.15, 0.2) is 12.3 Å². The maximum Gasteiger partial charge on any atom is 0.278 e. The minimum Gasteiger partial charge on any atom is -0.317 e. The maximum atomic E-state index is 12.5. The molecule has 0 bridgehead atoms. The Morgan fingerprint density at radius 3 is 2.69 bits per heavy atom. The number of halogens is 1. The third-order valence-corrected chi connectivity index (χ3v) is 4.31. The van der Waals surface area contributed by atoms with Crippen LogP contribution in [0.25, 0.3) is 0 Å². The zero-order valence-corrected chi connectivity index (χ0v) is 16.6. The Labute approximate surface area is 160 Å². The Kier molecular flexibility index (Phi) is 6.41. The highest BCUT2D eigenvalue weighted by Gasteiger charge is 2.20. The van der Waals surface area contributed by atoms with E-state index < -0.39 is 0 Å². The molecule has 1 fully saturated rings. The minimum atomic E-state index is -0.259. The van der Waals surface area contributed by atoms with Gasteiger partial charge in [-0.05, 0) is 37.8 Å². The molecule has 26 heavy (non-hydrogen) atoms. The van der Waals surface area contributed by atoms with Crippen LogP contribution in [0.2, 0.25) is 0 Å². The molecule has 0 spiro atoms. The van der Waals surface area contributed by atoms with Crippen LogP contribution in [-0.4, -0.2) is 43.8 Å². The molecule has 1 aliphatic heterocycles. The van der Waals surface area contributed by atoms with Gasteiger partial charge in [0.1, 0.15) is 5.82 Å². The molecule has 2 N–H and O–H groups in total. The van der Waals surface area contributed by atoms with E-state index in [9.17, 15) is 4.79 Å². The second-order valence-corrected chi connectivity index (χ2v) is 7.90. The molecule has 9 heteroatoms. The number of carbonyl (C=O) groups is 1. The van der Waals surface area contributed by atoms with Gasteiger partial charge in [-0.25, -0.2) is 4.68 Å². The SMILES string of the molecule is Cl.Cn1nc(CC(C)(C)C)cc1NC(=O)c1cn(C2CCNCC2)nn1. The summed E-state index contributed by atoms with van der Waals surface area (Å²) in [5, 5.41) is 18.8. The highest BCUT2D eigenvalue weighted by atomic mass is 35.5. The summed E-state index contributed by atoms with van der Waals surface area (Å²) < 4.78 is 3.50. The van der Waals surface area contributed by atoms with Crippen LogP contribution in [0.1, 0.15) is 55.8 Å². The Balaban J connectivity index is 0.00000243. The smallest absolute Gasteiger partial charge is 0.278 e.